The Morgan fingerprint density at radius 3 is 2.53 bits per heavy atom. The first-order chi connectivity index (χ1) is 7.43. The Morgan fingerprint density at radius 1 is 1.07 bits per heavy atom. The zero-order chi connectivity index (χ0) is 10.1. The molecule has 1 heteroatoms. The summed E-state index contributed by atoms with van der Waals surface area (Å²) in [5, 5.41) is 0. The molecule has 0 radical (unpaired) electrons. The highest BCUT2D eigenvalue weighted by Gasteiger charge is 2.26. The smallest absolute Gasteiger partial charge is 0.0236 e. The van der Waals surface area contributed by atoms with E-state index in [1.165, 1.54) is 45.3 Å². The molecule has 2 aliphatic rings. The molecule has 1 aliphatic carbocycles. The van der Waals surface area contributed by atoms with Gasteiger partial charge in [0.1, 0.15) is 0 Å². The molecular weight excluding hydrogens is 182 g/mol. The van der Waals surface area contributed by atoms with Crippen LogP contribution in [0.1, 0.15) is 42.7 Å². The summed E-state index contributed by atoms with van der Waals surface area (Å²) in [5.41, 5.74) is 3.21. The molecule has 1 aromatic rings. The van der Waals surface area contributed by atoms with Gasteiger partial charge in [0, 0.05) is 6.54 Å². The fraction of sp³-hybridized carbons (Fsp3) is 0.571. The van der Waals surface area contributed by atoms with Crippen LogP contribution in [0.15, 0.2) is 24.3 Å². The molecule has 0 aromatic heterocycles. The lowest BCUT2D eigenvalue weighted by Gasteiger charge is -2.17. The molecule has 15 heavy (non-hydrogen) atoms. The lowest BCUT2D eigenvalue weighted by molar-refractivity contribution is 0.330. The van der Waals surface area contributed by atoms with Crippen LogP contribution in [-0.4, -0.2) is 18.0 Å². The monoisotopic (exact) mass is 201 g/mol. The quantitative estimate of drug-likeness (QED) is 0.726. The van der Waals surface area contributed by atoms with Gasteiger partial charge in [-0.25, -0.2) is 0 Å². The summed E-state index contributed by atoms with van der Waals surface area (Å²) in [6.45, 7) is 3.80. The predicted molar refractivity (Wildman–Crippen MR) is 62.9 cm³/mol. The van der Waals surface area contributed by atoms with Gasteiger partial charge in [-0.05, 0) is 55.8 Å². The van der Waals surface area contributed by atoms with E-state index in [1.807, 2.05) is 0 Å². The number of rotatable bonds is 3. The highest BCUT2D eigenvalue weighted by molar-refractivity contribution is 5.33. The van der Waals surface area contributed by atoms with E-state index in [0.717, 1.165) is 5.92 Å². The van der Waals surface area contributed by atoms with Crippen molar-refractivity contribution in [1.29, 1.82) is 0 Å². The summed E-state index contributed by atoms with van der Waals surface area (Å²) >= 11 is 0. The van der Waals surface area contributed by atoms with E-state index in [1.54, 1.807) is 11.1 Å². The van der Waals surface area contributed by atoms with Crippen LogP contribution in [0.5, 0.6) is 0 Å². The Balaban J connectivity index is 1.77. The highest BCUT2D eigenvalue weighted by Crippen LogP contribution is 2.41. The number of hydrogen-bond donors (Lipinski definition) is 0. The molecule has 80 valence electrons. The van der Waals surface area contributed by atoms with E-state index >= 15 is 0 Å². The molecule has 1 saturated carbocycles. The maximum Gasteiger partial charge on any atom is 0.0236 e. The van der Waals surface area contributed by atoms with Crippen molar-refractivity contribution in [3.63, 3.8) is 0 Å². The van der Waals surface area contributed by atoms with Crippen molar-refractivity contribution in [2.45, 2.75) is 38.1 Å². The molecule has 0 spiro atoms. The van der Waals surface area contributed by atoms with Gasteiger partial charge in [-0.3, -0.25) is 4.90 Å². The van der Waals surface area contributed by atoms with Crippen molar-refractivity contribution in [2.24, 2.45) is 0 Å². The second-order valence-corrected chi connectivity index (χ2v) is 4.96. The molecule has 1 saturated heterocycles. The van der Waals surface area contributed by atoms with Crippen LogP contribution in [-0.2, 0) is 6.54 Å². The molecule has 3 rings (SSSR count). The van der Waals surface area contributed by atoms with Gasteiger partial charge in [0.2, 0.25) is 0 Å². The van der Waals surface area contributed by atoms with Crippen molar-refractivity contribution >= 4 is 0 Å². The molecule has 0 atom stereocenters. The summed E-state index contributed by atoms with van der Waals surface area (Å²) in [5.74, 6) is 0.892. The molecule has 1 aromatic carbocycles. The van der Waals surface area contributed by atoms with Crippen molar-refractivity contribution in [1.82, 2.24) is 4.90 Å². The number of benzene rings is 1. The minimum atomic E-state index is 0.892. The Bertz CT molecular complexity index is 335. The predicted octanol–water partition coefficient (Wildman–Crippen LogP) is 3.16. The summed E-state index contributed by atoms with van der Waals surface area (Å²) in [4.78, 5) is 2.60. The minimum absolute atomic E-state index is 0.892. The van der Waals surface area contributed by atoms with Crippen molar-refractivity contribution < 1.29 is 0 Å². The Hall–Kier alpha value is -0.820. The molecule has 0 amide bonds. The van der Waals surface area contributed by atoms with Crippen LogP contribution >= 0.6 is 0 Å². The first-order valence-electron chi connectivity index (χ1n) is 6.23. The van der Waals surface area contributed by atoms with Crippen LogP contribution in [0.4, 0.5) is 0 Å². The normalized spacial score (nSPS) is 22.1. The van der Waals surface area contributed by atoms with Gasteiger partial charge >= 0.3 is 0 Å². The maximum atomic E-state index is 2.60. The average molecular weight is 201 g/mol. The topological polar surface area (TPSA) is 3.24 Å². The van der Waals surface area contributed by atoms with Gasteiger partial charge in [-0.15, -0.1) is 0 Å². The molecule has 0 N–H and O–H groups in total. The van der Waals surface area contributed by atoms with Gasteiger partial charge in [-0.2, -0.15) is 0 Å². The van der Waals surface area contributed by atoms with E-state index in [0.29, 0.717) is 0 Å². The number of hydrogen-bond acceptors (Lipinski definition) is 1. The first kappa shape index (κ1) is 9.41. The van der Waals surface area contributed by atoms with Crippen LogP contribution in [0, 0.1) is 0 Å². The number of likely N-dealkylation sites (tertiary alicyclic amines) is 1. The summed E-state index contributed by atoms with van der Waals surface area (Å²) in [6, 6.07) is 9.05. The molecule has 1 heterocycles. The van der Waals surface area contributed by atoms with Crippen molar-refractivity contribution in [2.75, 3.05) is 13.1 Å². The zero-order valence-electron chi connectivity index (χ0n) is 9.28. The summed E-state index contributed by atoms with van der Waals surface area (Å²) < 4.78 is 0. The first-order valence-corrected chi connectivity index (χ1v) is 6.23. The second kappa shape index (κ2) is 3.97. The van der Waals surface area contributed by atoms with Crippen LogP contribution in [0.3, 0.4) is 0 Å². The SMILES string of the molecule is c1ccc(C2CC2)c(CN2CCCC2)c1. The summed E-state index contributed by atoms with van der Waals surface area (Å²) in [7, 11) is 0. The Labute approximate surface area is 92.1 Å². The fourth-order valence-corrected chi connectivity index (χ4v) is 2.65. The maximum absolute atomic E-state index is 2.60. The van der Waals surface area contributed by atoms with Crippen LogP contribution in [0.2, 0.25) is 0 Å². The van der Waals surface area contributed by atoms with E-state index < -0.39 is 0 Å². The molecule has 2 fully saturated rings. The van der Waals surface area contributed by atoms with Gasteiger partial charge in [0.15, 0.2) is 0 Å². The second-order valence-electron chi connectivity index (χ2n) is 4.96. The lowest BCUT2D eigenvalue weighted by Crippen LogP contribution is -2.19. The lowest BCUT2D eigenvalue weighted by atomic mass is 10.0. The third-order valence-corrected chi connectivity index (χ3v) is 3.66. The number of nitrogens with zero attached hydrogens (tertiary/aromatic N) is 1. The standard InChI is InChI=1S/C14H19N/c1-2-6-14(12-7-8-12)13(5-1)11-15-9-3-4-10-15/h1-2,5-6,12H,3-4,7-11H2. The van der Waals surface area contributed by atoms with Gasteiger partial charge in [0.25, 0.3) is 0 Å². The molecule has 0 unspecified atom stereocenters. The third-order valence-electron chi connectivity index (χ3n) is 3.66. The van der Waals surface area contributed by atoms with Crippen LogP contribution in [0.25, 0.3) is 0 Å². The van der Waals surface area contributed by atoms with E-state index in [-0.39, 0.29) is 0 Å². The highest BCUT2D eigenvalue weighted by atomic mass is 15.1. The average Bonchev–Trinajstić information content (AvgIpc) is 2.99. The zero-order valence-corrected chi connectivity index (χ0v) is 9.28. The van der Waals surface area contributed by atoms with Crippen molar-refractivity contribution in [3.8, 4) is 0 Å². The Kier molecular flexibility index (Phi) is 2.49. The molecule has 0 bridgehead atoms. The van der Waals surface area contributed by atoms with E-state index in [4.69, 9.17) is 0 Å². The molecule has 1 aliphatic heterocycles. The Morgan fingerprint density at radius 2 is 1.80 bits per heavy atom. The summed E-state index contributed by atoms with van der Waals surface area (Å²) in [6.07, 6.45) is 5.62. The largest absolute Gasteiger partial charge is 0.299 e. The van der Waals surface area contributed by atoms with Crippen LogP contribution < -0.4 is 0 Å². The van der Waals surface area contributed by atoms with E-state index in [9.17, 15) is 0 Å². The minimum Gasteiger partial charge on any atom is -0.299 e. The molecular formula is C14H19N. The van der Waals surface area contributed by atoms with Gasteiger partial charge in [0.05, 0.1) is 0 Å². The fourth-order valence-electron chi connectivity index (χ4n) is 2.65. The molecule has 1 nitrogen and oxygen atoms in total. The third kappa shape index (κ3) is 2.07. The van der Waals surface area contributed by atoms with Gasteiger partial charge < -0.3 is 0 Å². The van der Waals surface area contributed by atoms with Crippen molar-refractivity contribution in [3.05, 3.63) is 35.4 Å². The van der Waals surface area contributed by atoms with E-state index in [2.05, 4.69) is 29.2 Å². The van der Waals surface area contributed by atoms with Gasteiger partial charge in [-0.1, -0.05) is 24.3 Å².